The molecule has 1 heterocycles. The Labute approximate surface area is 146 Å². The first-order chi connectivity index (χ1) is 11.4. The van der Waals surface area contributed by atoms with Gasteiger partial charge in [-0.1, -0.05) is 18.5 Å². The number of piperazine rings is 1. The highest BCUT2D eigenvalue weighted by Gasteiger charge is 2.09. The summed E-state index contributed by atoms with van der Waals surface area (Å²) in [5, 5.41) is 19.0. The van der Waals surface area contributed by atoms with Crippen LogP contribution < -0.4 is 10.1 Å². The maximum atomic E-state index is 9.10. The molecule has 0 amide bonds. The minimum absolute atomic E-state index is 0.741. The number of aryl methyl sites for hydroxylation is 1. The molecule has 1 fully saturated rings. The van der Waals surface area contributed by atoms with Crippen molar-refractivity contribution in [3.8, 4) is 5.75 Å². The molecule has 0 atom stereocenters. The van der Waals surface area contributed by atoms with Crippen LogP contribution in [-0.2, 0) is 16.0 Å². The van der Waals surface area contributed by atoms with E-state index in [2.05, 4.69) is 17.1 Å². The van der Waals surface area contributed by atoms with Gasteiger partial charge in [-0.25, -0.2) is 9.59 Å². The number of aliphatic carboxylic acids is 2. The average molecular weight is 359 g/mol. The number of hydrogen-bond donors (Lipinski definition) is 3. The summed E-state index contributed by atoms with van der Waals surface area (Å²) in [6.45, 7) is 8.23. The molecule has 24 heavy (non-hydrogen) atoms. The Morgan fingerprint density at radius 2 is 1.88 bits per heavy atom. The lowest BCUT2D eigenvalue weighted by atomic mass is 10.1. The zero-order valence-electron chi connectivity index (χ0n) is 13.6. The van der Waals surface area contributed by atoms with E-state index in [4.69, 9.17) is 36.1 Å². The topological polar surface area (TPSA) is 99.1 Å². The molecule has 8 heteroatoms. The van der Waals surface area contributed by atoms with Crippen molar-refractivity contribution in [1.29, 1.82) is 0 Å². The fourth-order valence-corrected chi connectivity index (χ4v) is 2.39. The Hall–Kier alpha value is -1.83. The van der Waals surface area contributed by atoms with Gasteiger partial charge in [0.05, 0.1) is 0 Å². The summed E-state index contributed by atoms with van der Waals surface area (Å²) in [6.07, 6.45) is 0.938. The van der Waals surface area contributed by atoms with Crippen LogP contribution in [0.25, 0.3) is 0 Å². The molecule has 0 aliphatic carbocycles. The molecule has 7 nitrogen and oxygen atoms in total. The van der Waals surface area contributed by atoms with Crippen LogP contribution in [0.15, 0.2) is 18.2 Å². The van der Waals surface area contributed by atoms with Crippen LogP contribution >= 0.6 is 11.6 Å². The highest BCUT2D eigenvalue weighted by molar-refractivity contribution is 6.31. The maximum Gasteiger partial charge on any atom is 0.414 e. The van der Waals surface area contributed by atoms with E-state index in [0.29, 0.717) is 0 Å². The summed E-state index contributed by atoms with van der Waals surface area (Å²) in [6, 6.07) is 5.90. The molecule has 134 valence electrons. The predicted molar refractivity (Wildman–Crippen MR) is 90.9 cm³/mol. The van der Waals surface area contributed by atoms with Crippen LogP contribution in [0, 0.1) is 0 Å². The van der Waals surface area contributed by atoms with E-state index in [1.165, 1.54) is 0 Å². The molecule has 1 aliphatic heterocycles. The molecule has 2 rings (SSSR count). The van der Waals surface area contributed by atoms with Crippen molar-refractivity contribution in [2.45, 2.75) is 13.3 Å². The molecule has 0 saturated carbocycles. The number of nitrogens with one attached hydrogen (secondary N) is 1. The monoisotopic (exact) mass is 358 g/mol. The second-order valence-electron chi connectivity index (χ2n) is 5.16. The number of benzene rings is 1. The Bertz CT molecular complexity index is 535. The van der Waals surface area contributed by atoms with Gasteiger partial charge in [0.1, 0.15) is 12.4 Å². The smallest absolute Gasteiger partial charge is 0.414 e. The quantitative estimate of drug-likeness (QED) is 0.683. The molecular formula is C16H23ClN2O5. The van der Waals surface area contributed by atoms with Crippen LogP contribution in [-0.4, -0.2) is 66.4 Å². The zero-order chi connectivity index (χ0) is 17.9. The molecule has 1 aliphatic rings. The first kappa shape index (κ1) is 20.2. The number of ether oxygens (including phenoxy) is 1. The van der Waals surface area contributed by atoms with E-state index >= 15 is 0 Å². The summed E-state index contributed by atoms with van der Waals surface area (Å²) in [7, 11) is 0. The highest BCUT2D eigenvalue weighted by Crippen LogP contribution is 2.22. The molecule has 0 spiro atoms. The average Bonchev–Trinajstić information content (AvgIpc) is 2.58. The SMILES string of the molecule is CCc1cc(OCCN2CCNCC2)ccc1Cl.O=C(O)C(=O)O. The van der Waals surface area contributed by atoms with Crippen molar-refractivity contribution in [1.82, 2.24) is 10.2 Å². The molecule has 0 radical (unpaired) electrons. The minimum Gasteiger partial charge on any atom is -0.492 e. The van der Waals surface area contributed by atoms with Gasteiger partial charge in [0, 0.05) is 37.7 Å². The maximum absolute atomic E-state index is 9.10. The molecule has 1 aromatic carbocycles. The van der Waals surface area contributed by atoms with Crippen molar-refractivity contribution in [3.63, 3.8) is 0 Å². The fraction of sp³-hybridized carbons (Fsp3) is 0.500. The van der Waals surface area contributed by atoms with Gasteiger partial charge < -0.3 is 20.3 Å². The van der Waals surface area contributed by atoms with Crippen molar-refractivity contribution >= 4 is 23.5 Å². The van der Waals surface area contributed by atoms with Gasteiger partial charge in [-0.2, -0.15) is 0 Å². The van der Waals surface area contributed by atoms with Gasteiger partial charge >= 0.3 is 11.9 Å². The van der Waals surface area contributed by atoms with Crippen LogP contribution in [0.1, 0.15) is 12.5 Å². The van der Waals surface area contributed by atoms with Crippen LogP contribution in [0.5, 0.6) is 5.75 Å². The van der Waals surface area contributed by atoms with Gasteiger partial charge in [0.15, 0.2) is 0 Å². The van der Waals surface area contributed by atoms with Crippen molar-refractivity contribution in [3.05, 3.63) is 28.8 Å². The Morgan fingerprint density at radius 3 is 2.42 bits per heavy atom. The first-order valence-electron chi connectivity index (χ1n) is 7.74. The number of hydrogen-bond acceptors (Lipinski definition) is 5. The normalized spacial score (nSPS) is 14.4. The molecule has 0 aromatic heterocycles. The van der Waals surface area contributed by atoms with E-state index in [-0.39, 0.29) is 0 Å². The Kier molecular flexibility index (Phi) is 9.14. The lowest BCUT2D eigenvalue weighted by Crippen LogP contribution is -2.44. The number of carboxylic acid groups (broad SMARTS) is 2. The number of halogens is 1. The summed E-state index contributed by atoms with van der Waals surface area (Å²) in [4.78, 5) is 20.6. The van der Waals surface area contributed by atoms with Gasteiger partial charge in [0.25, 0.3) is 0 Å². The molecule has 0 unspecified atom stereocenters. The second kappa shape index (κ2) is 10.9. The fourth-order valence-electron chi connectivity index (χ4n) is 2.14. The van der Waals surface area contributed by atoms with Gasteiger partial charge in [-0.15, -0.1) is 0 Å². The van der Waals surface area contributed by atoms with Crippen molar-refractivity contribution in [2.24, 2.45) is 0 Å². The van der Waals surface area contributed by atoms with E-state index in [0.717, 1.165) is 62.1 Å². The summed E-state index contributed by atoms with van der Waals surface area (Å²) >= 11 is 6.08. The van der Waals surface area contributed by atoms with E-state index in [1.54, 1.807) is 0 Å². The summed E-state index contributed by atoms with van der Waals surface area (Å²) < 4.78 is 5.79. The number of nitrogens with zero attached hydrogens (tertiary/aromatic N) is 1. The van der Waals surface area contributed by atoms with Crippen molar-refractivity contribution < 1.29 is 24.5 Å². The third-order valence-corrected chi connectivity index (χ3v) is 3.84. The van der Waals surface area contributed by atoms with Gasteiger partial charge in [-0.05, 0) is 30.2 Å². The summed E-state index contributed by atoms with van der Waals surface area (Å²) in [5.41, 5.74) is 1.15. The lowest BCUT2D eigenvalue weighted by molar-refractivity contribution is -0.159. The third kappa shape index (κ3) is 7.63. The van der Waals surface area contributed by atoms with Gasteiger partial charge in [-0.3, -0.25) is 4.90 Å². The molecule has 0 bridgehead atoms. The Balaban J connectivity index is 0.000000413. The third-order valence-electron chi connectivity index (χ3n) is 3.47. The lowest BCUT2D eigenvalue weighted by Gasteiger charge is -2.26. The number of rotatable bonds is 5. The van der Waals surface area contributed by atoms with Crippen LogP contribution in [0.2, 0.25) is 5.02 Å². The number of carboxylic acids is 2. The zero-order valence-corrected chi connectivity index (χ0v) is 14.4. The second-order valence-corrected chi connectivity index (χ2v) is 5.56. The van der Waals surface area contributed by atoms with Crippen LogP contribution in [0.4, 0.5) is 0 Å². The standard InChI is InChI=1S/C14H21ClN2O.C2H2O4/c1-2-12-11-13(3-4-14(12)15)18-10-9-17-7-5-16-6-8-17;3-1(4)2(5)6/h3-4,11,16H,2,5-10H2,1H3;(H,3,4)(H,5,6). The van der Waals surface area contributed by atoms with E-state index in [1.807, 2.05) is 18.2 Å². The molecule has 1 saturated heterocycles. The molecule has 3 N–H and O–H groups in total. The van der Waals surface area contributed by atoms with Crippen LogP contribution in [0.3, 0.4) is 0 Å². The molecular weight excluding hydrogens is 336 g/mol. The molecule has 1 aromatic rings. The highest BCUT2D eigenvalue weighted by atomic mass is 35.5. The van der Waals surface area contributed by atoms with E-state index < -0.39 is 11.9 Å². The van der Waals surface area contributed by atoms with Crippen molar-refractivity contribution in [2.75, 3.05) is 39.3 Å². The summed E-state index contributed by atoms with van der Waals surface area (Å²) in [5.74, 6) is -2.73. The predicted octanol–water partition coefficient (Wildman–Crippen LogP) is 1.34. The largest absolute Gasteiger partial charge is 0.492 e. The Morgan fingerprint density at radius 1 is 1.25 bits per heavy atom. The first-order valence-corrected chi connectivity index (χ1v) is 8.12. The minimum atomic E-state index is -1.82. The van der Waals surface area contributed by atoms with E-state index in [9.17, 15) is 0 Å². The van der Waals surface area contributed by atoms with Gasteiger partial charge in [0.2, 0.25) is 0 Å². The number of carbonyl (C=O) groups is 2.